The van der Waals surface area contributed by atoms with Crippen molar-refractivity contribution in [1.82, 2.24) is 20.2 Å². The zero-order chi connectivity index (χ0) is 20.2. The van der Waals surface area contributed by atoms with E-state index in [0.717, 1.165) is 58.2 Å². The van der Waals surface area contributed by atoms with Gasteiger partial charge in [0, 0.05) is 38.8 Å². The number of aryl methyl sites for hydroxylation is 1. The van der Waals surface area contributed by atoms with Gasteiger partial charge in [-0.15, -0.1) is 0 Å². The lowest BCUT2D eigenvalue weighted by Crippen LogP contribution is -2.47. The van der Waals surface area contributed by atoms with Crippen LogP contribution in [0.15, 0.2) is 10.7 Å². The van der Waals surface area contributed by atoms with Gasteiger partial charge in [0.05, 0.1) is 37.4 Å². The van der Waals surface area contributed by atoms with Gasteiger partial charge in [0.1, 0.15) is 17.9 Å². The van der Waals surface area contributed by atoms with Crippen molar-refractivity contribution in [3.8, 4) is 0 Å². The SMILES string of the molecule is CC[C@H](CN1CCOCC1)NC(=O)c1c(C)oc2ncnc(N3CCOCC3)c12. The van der Waals surface area contributed by atoms with Crippen molar-refractivity contribution in [2.45, 2.75) is 26.3 Å². The second-order valence-electron chi connectivity index (χ2n) is 7.50. The summed E-state index contributed by atoms with van der Waals surface area (Å²) in [5.74, 6) is 1.17. The molecular formula is C20H29N5O4. The van der Waals surface area contributed by atoms with Gasteiger partial charge in [-0.2, -0.15) is 0 Å². The summed E-state index contributed by atoms with van der Waals surface area (Å²) >= 11 is 0. The molecule has 0 unspecified atom stereocenters. The zero-order valence-corrected chi connectivity index (χ0v) is 17.1. The van der Waals surface area contributed by atoms with Crippen molar-refractivity contribution in [2.75, 3.05) is 64.1 Å². The molecule has 2 fully saturated rings. The molecule has 9 nitrogen and oxygen atoms in total. The summed E-state index contributed by atoms with van der Waals surface area (Å²) in [6, 6.07) is 0.0569. The largest absolute Gasteiger partial charge is 0.442 e. The van der Waals surface area contributed by atoms with Gasteiger partial charge < -0.3 is 24.1 Å². The maximum atomic E-state index is 13.3. The number of morpholine rings is 2. The Hall–Kier alpha value is -2.23. The Kier molecular flexibility index (Phi) is 6.27. The highest BCUT2D eigenvalue weighted by molar-refractivity contribution is 6.10. The summed E-state index contributed by atoms with van der Waals surface area (Å²) in [7, 11) is 0. The molecule has 2 aliphatic rings. The van der Waals surface area contributed by atoms with Crippen LogP contribution in [0.1, 0.15) is 29.5 Å². The first-order valence-corrected chi connectivity index (χ1v) is 10.3. The van der Waals surface area contributed by atoms with Crippen molar-refractivity contribution in [1.29, 1.82) is 0 Å². The first-order chi connectivity index (χ1) is 14.2. The summed E-state index contributed by atoms with van der Waals surface area (Å²) in [5, 5.41) is 3.89. The molecule has 1 amide bonds. The molecule has 29 heavy (non-hydrogen) atoms. The Balaban J connectivity index is 1.58. The lowest BCUT2D eigenvalue weighted by atomic mass is 10.1. The number of fused-ring (bicyclic) bond motifs is 1. The van der Waals surface area contributed by atoms with E-state index in [1.807, 2.05) is 6.92 Å². The minimum atomic E-state index is -0.134. The van der Waals surface area contributed by atoms with Gasteiger partial charge in [-0.1, -0.05) is 6.92 Å². The zero-order valence-electron chi connectivity index (χ0n) is 17.1. The molecule has 2 aliphatic heterocycles. The van der Waals surface area contributed by atoms with E-state index in [1.54, 1.807) is 0 Å². The van der Waals surface area contributed by atoms with E-state index in [0.29, 0.717) is 35.6 Å². The number of aromatic nitrogens is 2. The molecule has 1 atom stereocenters. The standard InChI is InChI=1S/C20H29N5O4/c1-3-15(12-24-4-8-27-9-5-24)23-19(26)16-14(2)29-20-17(16)18(21-13-22-20)25-6-10-28-11-7-25/h13,15H,3-12H2,1-2H3,(H,23,26)/t15-/m1/s1. The monoisotopic (exact) mass is 403 g/mol. The number of furan rings is 1. The van der Waals surface area contributed by atoms with Gasteiger partial charge in [-0.25, -0.2) is 9.97 Å². The first kappa shape index (κ1) is 20.1. The minimum absolute atomic E-state index is 0.0569. The molecule has 0 spiro atoms. The number of hydrogen-bond acceptors (Lipinski definition) is 8. The molecule has 2 aromatic rings. The average Bonchev–Trinajstić information content (AvgIpc) is 3.10. The van der Waals surface area contributed by atoms with E-state index in [-0.39, 0.29) is 11.9 Å². The molecule has 2 saturated heterocycles. The molecule has 0 bridgehead atoms. The van der Waals surface area contributed by atoms with E-state index >= 15 is 0 Å². The van der Waals surface area contributed by atoms with Crippen LogP contribution in [0.2, 0.25) is 0 Å². The Morgan fingerprint density at radius 3 is 2.52 bits per heavy atom. The molecular weight excluding hydrogens is 374 g/mol. The Morgan fingerprint density at radius 2 is 1.83 bits per heavy atom. The first-order valence-electron chi connectivity index (χ1n) is 10.3. The van der Waals surface area contributed by atoms with Crippen molar-refractivity contribution < 1.29 is 18.7 Å². The van der Waals surface area contributed by atoms with Crippen LogP contribution < -0.4 is 10.2 Å². The second kappa shape index (κ2) is 9.06. The van der Waals surface area contributed by atoms with Crippen LogP contribution in [0, 0.1) is 6.92 Å². The van der Waals surface area contributed by atoms with E-state index in [1.165, 1.54) is 6.33 Å². The molecule has 0 aliphatic carbocycles. The van der Waals surface area contributed by atoms with Crippen LogP contribution in [-0.2, 0) is 9.47 Å². The number of anilines is 1. The lowest BCUT2D eigenvalue weighted by Gasteiger charge is -2.30. The molecule has 4 heterocycles. The van der Waals surface area contributed by atoms with E-state index in [4.69, 9.17) is 13.9 Å². The summed E-state index contributed by atoms with van der Waals surface area (Å²) in [6.45, 7) is 10.7. The molecule has 0 saturated carbocycles. The number of nitrogens with one attached hydrogen (secondary N) is 1. The van der Waals surface area contributed by atoms with Gasteiger partial charge in [0.15, 0.2) is 0 Å². The highest BCUT2D eigenvalue weighted by atomic mass is 16.5. The van der Waals surface area contributed by atoms with E-state index < -0.39 is 0 Å². The Morgan fingerprint density at radius 1 is 1.14 bits per heavy atom. The van der Waals surface area contributed by atoms with Gasteiger partial charge in [0.2, 0.25) is 5.71 Å². The lowest BCUT2D eigenvalue weighted by molar-refractivity contribution is 0.0331. The van der Waals surface area contributed by atoms with Crippen molar-refractivity contribution in [2.24, 2.45) is 0 Å². The maximum Gasteiger partial charge on any atom is 0.255 e. The van der Waals surface area contributed by atoms with Crippen LogP contribution in [0.25, 0.3) is 11.1 Å². The second-order valence-corrected chi connectivity index (χ2v) is 7.50. The molecule has 0 radical (unpaired) electrons. The van der Waals surface area contributed by atoms with Gasteiger partial charge in [0.25, 0.3) is 5.91 Å². The topological polar surface area (TPSA) is 93.0 Å². The number of amides is 1. The molecule has 0 aromatic carbocycles. The summed E-state index contributed by atoms with van der Waals surface area (Å²) in [6.07, 6.45) is 2.34. The third-order valence-electron chi connectivity index (χ3n) is 5.59. The van der Waals surface area contributed by atoms with Crippen LogP contribution in [0.5, 0.6) is 0 Å². The van der Waals surface area contributed by atoms with Gasteiger partial charge >= 0.3 is 0 Å². The average molecular weight is 403 g/mol. The third-order valence-corrected chi connectivity index (χ3v) is 5.59. The normalized spacial score (nSPS) is 19.4. The number of nitrogens with zero attached hydrogens (tertiary/aromatic N) is 4. The summed E-state index contributed by atoms with van der Waals surface area (Å²) in [5.41, 5.74) is 0.980. The molecule has 158 valence electrons. The molecule has 4 rings (SSSR count). The molecule has 9 heteroatoms. The maximum absolute atomic E-state index is 13.3. The van der Waals surface area contributed by atoms with Crippen LogP contribution in [-0.4, -0.2) is 86.0 Å². The molecule has 2 aromatic heterocycles. The number of rotatable bonds is 6. The highest BCUT2D eigenvalue weighted by Crippen LogP contribution is 2.31. The minimum Gasteiger partial charge on any atom is -0.442 e. The van der Waals surface area contributed by atoms with Crippen LogP contribution in [0.3, 0.4) is 0 Å². The number of ether oxygens (including phenoxy) is 2. The Bertz CT molecular complexity index is 843. The number of carbonyl (C=O) groups excluding carboxylic acids is 1. The van der Waals surface area contributed by atoms with Crippen molar-refractivity contribution >= 4 is 22.8 Å². The smallest absolute Gasteiger partial charge is 0.255 e. The summed E-state index contributed by atoms with van der Waals surface area (Å²) < 4.78 is 16.7. The van der Waals surface area contributed by atoms with Crippen LogP contribution >= 0.6 is 0 Å². The third kappa shape index (κ3) is 4.36. The highest BCUT2D eigenvalue weighted by Gasteiger charge is 2.27. The summed E-state index contributed by atoms with van der Waals surface area (Å²) in [4.78, 5) is 26.5. The van der Waals surface area contributed by atoms with Gasteiger partial charge in [-0.05, 0) is 13.3 Å². The number of hydrogen-bond donors (Lipinski definition) is 1. The van der Waals surface area contributed by atoms with E-state index in [9.17, 15) is 4.79 Å². The fourth-order valence-electron chi connectivity index (χ4n) is 3.95. The van der Waals surface area contributed by atoms with E-state index in [2.05, 4.69) is 32.0 Å². The fourth-order valence-corrected chi connectivity index (χ4v) is 3.95. The predicted molar refractivity (Wildman–Crippen MR) is 108 cm³/mol. The van der Waals surface area contributed by atoms with Crippen molar-refractivity contribution in [3.05, 3.63) is 17.7 Å². The van der Waals surface area contributed by atoms with Crippen molar-refractivity contribution in [3.63, 3.8) is 0 Å². The quantitative estimate of drug-likeness (QED) is 0.769. The fraction of sp³-hybridized carbons (Fsp3) is 0.650. The van der Waals surface area contributed by atoms with Gasteiger partial charge in [-0.3, -0.25) is 9.69 Å². The molecule has 1 N–H and O–H groups in total. The Labute approximate surface area is 170 Å². The van der Waals surface area contributed by atoms with Crippen LogP contribution in [0.4, 0.5) is 5.82 Å². The predicted octanol–water partition coefficient (Wildman–Crippen LogP) is 1.21. The number of carbonyl (C=O) groups is 1.